The number of hydrogen-bond acceptors (Lipinski definition) is 12. The number of aromatic nitrogens is 8. The van der Waals surface area contributed by atoms with E-state index in [0.29, 0.717) is 107 Å². The molecule has 1 saturated heterocycles. The number of H-pyrrole nitrogens is 2. The Hall–Kier alpha value is -10.2. The molecule has 0 unspecified atom stereocenters. The number of carbonyl (C=O) groups excluding carboxylic acids is 4. The number of aromatic amines is 2. The minimum Gasteiger partial charge on any atom is -0.496 e. The van der Waals surface area contributed by atoms with Crippen LogP contribution < -0.4 is 25.3 Å². The van der Waals surface area contributed by atoms with E-state index in [0.717, 1.165) is 47.6 Å². The second-order valence-corrected chi connectivity index (χ2v) is 21.7. The lowest BCUT2D eigenvalue weighted by Gasteiger charge is -2.38. The predicted molar refractivity (Wildman–Crippen MR) is 338 cm³/mol. The van der Waals surface area contributed by atoms with Crippen LogP contribution in [0.15, 0.2) is 146 Å². The second-order valence-electron chi connectivity index (χ2n) is 21.7. The van der Waals surface area contributed by atoms with Crippen molar-refractivity contribution < 1.29 is 42.2 Å². The maximum atomic E-state index is 16.2. The van der Waals surface area contributed by atoms with Gasteiger partial charge in [0.15, 0.2) is 11.6 Å². The van der Waals surface area contributed by atoms with E-state index < -0.39 is 17.5 Å². The minimum absolute atomic E-state index is 0.0569. The van der Waals surface area contributed by atoms with E-state index in [-0.39, 0.29) is 54.2 Å². The lowest BCUT2D eigenvalue weighted by molar-refractivity contribution is -0.130. The normalized spacial score (nSPS) is 14.4. The van der Waals surface area contributed by atoms with Gasteiger partial charge in [0.05, 0.1) is 56.9 Å². The van der Waals surface area contributed by atoms with Crippen LogP contribution in [0.25, 0.3) is 55.2 Å². The molecule has 460 valence electrons. The van der Waals surface area contributed by atoms with Crippen LogP contribution >= 0.6 is 0 Å². The maximum absolute atomic E-state index is 16.2. The number of anilines is 1. The Morgan fingerprint density at radius 1 is 0.753 bits per heavy atom. The number of benzene rings is 4. The van der Waals surface area contributed by atoms with Gasteiger partial charge in [0.25, 0.3) is 11.8 Å². The van der Waals surface area contributed by atoms with E-state index in [2.05, 4.69) is 61.7 Å². The Labute approximate surface area is 513 Å². The highest BCUT2D eigenvalue weighted by Crippen LogP contribution is 2.42. The number of pyridine rings is 1. The number of fused-ring (bicyclic) bond motifs is 2. The third kappa shape index (κ3) is 14.5. The van der Waals surface area contributed by atoms with Crippen molar-refractivity contribution in [2.24, 2.45) is 18.7 Å². The van der Waals surface area contributed by atoms with E-state index in [4.69, 9.17) is 19.9 Å². The fraction of sp³-hybridized carbons (Fsp3) is 0.284. The van der Waals surface area contributed by atoms with Gasteiger partial charge in [0, 0.05) is 104 Å². The van der Waals surface area contributed by atoms with Gasteiger partial charge in [-0.3, -0.25) is 33.5 Å². The Kier molecular flexibility index (Phi) is 19.8. The van der Waals surface area contributed by atoms with Crippen molar-refractivity contribution in [3.8, 4) is 39.5 Å². The summed E-state index contributed by atoms with van der Waals surface area (Å²) in [6.07, 6.45) is 20.0. The van der Waals surface area contributed by atoms with E-state index in [1.54, 1.807) is 97.2 Å². The Morgan fingerprint density at radius 2 is 1.37 bits per heavy atom. The van der Waals surface area contributed by atoms with Crippen LogP contribution in [-0.2, 0) is 23.2 Å². The predicted octanol–water partition coefficient (Wildman–Crippen LogP) is 10.3. The minimum atomic E-state index is -0.488. The van der Waals surface area contributed by atoms with Crippen molar-refractivity contribution in [2.75, 3.05) is 65.3 Å². The number of para-hydroxylation sites is 2. The fourth-order valence-corrected chi connectivity index (χ4v) is 10.7. The fourth-order valence-electron chi connectivity index (χ4n) is 10.7. The van der Waals surface area contributed by atoms with Crippen molar-refractivity contribution in [3.05, 3.63) is 180 Å². The van der Waals surface area contributed by atoms with Gasteiger partial charge < -0.3 is 49.9 Å². The molecule has 4 amide bonds. The zero-order chi connectivity index (χ0) is 62.6. The molecule has 1 fully saturated rings. The third-order valence-corrected chi connectivity index (χ3v) is 15.5. The lowest BCUT2D eigenvalue weighted by atomic mass is 9.93. The summed E-state index contributed by atoms with van der Waals surface area (Å²) in [7, 11) is 4.88. The van der Waals surface area contributed by atoms with Gasteiger partial charge in [-0.25, -0.2) is 8.78 Å². The third-order valence-electron chi connectivity index (χ3n) is 15.5. The molecule has 20 nitrogen and oxygen atoms in total. The Balaban J connectivity index is 0.000000165. The summed E-state index contributed by atoms with van der Waals surface area (Å²) in [6.45, 7) is 8.11. The number of hydrogen-bond donors (Lipinski definition) is 4. The van der Waals surface area contributed by atoms with Crippen LogP contribution in [0.4, 0.5) is 14.6 Å². The van der Waals surface area contributed by atoms with Gasteiger partial charge in [-0.1, -0.05) is 79.8 Å². The molecule has 0 saturated carbocycles. The maximum Gasteiger partial charge on any atom is 0.273 e. The summed E-state index contributed by atoms with van der Waals surface area (Å²) in [5.74, 6) is 1.59. The van der Waals surface area contributed by atoms with Gasteiger partial charge in [0.2, 0.25) is 12.3 Å². The van der Waals surface area contributed by atoms with Gasteiger partial charge >= 0.3 is 0 Å². The Bertz CT molecular complexity index is 4070. The zero-order valence-electron chi connectivity index (χ0n) is 50.3. The van der Waals surface area contributed by atoms with Gasteiger partial charge in [-0.05, 0) is 96.0 Å². The van der Waals surface area contributed by atoms with Gasteiger partial charge in [-0.2, -0.15) is 5.10 Å². The molecule has 0 bridgehead atoms. The summed E-state index contributed by atoms with van der Waals surface area (Å²) in [5.41, 5.74) is 11.7. The van der Waals surface area contributed by atoms with E-state index in [9.17, 15) is 19.2 Å². The molecule has 4 aliphatic rings. The molecular weight excluding hydrogens is 1140 g/mol. The number of ether oxygens (including phenoxy) is 3. The van der Waals surface area contributed by atoms with Crippen LogP contribution in [0.5, 0.6) is 17.2 Å². The van der Waals surface area contributed by atoms with Crippen molar-refractivity contribution in [3.63, 3.8) is 0 Å². The van der Waals surface area contributed by atoms with Crippen LogP contribution in [0.1, 0.15) is 71.6 Å². The number of aryl methyl sites for hydroxylation is 2. The number of halogens is 2. The largest absolute Gasteiger partial charge is 0.496 e. The number of rotatable bonds is 16. The van der Waals surface area contributed by atoms with Crippen LogP contribution in [0.3, 0.4) is 0 Å². The summed E-state index contributed by atoms with van der Waals surface area (Å²) in [4.78, 5) is 65.5. The molecule has 0 radical (unpaired) electrons. The highest BCUT2D eigenvalue weighted by Gasteiger charge is 2.35. The molecule has 9 aromatic rings. The molecule has 8 heterocycles. The molecule has 13 rings (SSSR count). The molecule has 4 aromatic carbocycles. The molecule has 0 atom stereocenters. The van der Waals surface area contributed by atoms with Crippen molar-refractivity contribution in [1.29, 1.82) is 0 Å². The zero-order valence-corrected chi connectivity index (χ0v) is 50.3. The molecule has 1 aliphatic carbocycles. The Morgan fingerprint density at radius 3 is 1.92 bits per heavy atom. The first-order valence-corrected chi connectivity index (χ1v) is 29.5. The van der Waals surface area contributed by atoms with Crippen LogP contribution in [-0.4, -0.2) is 145 Å². The van der Waals surface area contributed by atoms with Crippen molar-refractivity contribution in [1.82, 2.24) is 54.4 Å². The molecule has 3 aliphatic heterocycles. The molecule has 0 spiro atoms. The quantitative estimate of drug-likeness (QED) is 0.0522. The molecule has 89 heavy (non-hydrogen) atoms. The first-order chi connectivity index (χ1) is 43.3. The summed E-state index contributed by atoms with van der Waals surface area (Å²) < 4.78 is 52.7. The topological polar surface area (TPSA) is 237 Å². The van der Waals surface area contributed by atoms with E-state index in [1.165, 1.54) is 4.68 Å². The number of nitrogens with one attached hydrogen (secondary N) is 3. The second kappa shape index (κ2) is 28.5. The van der Waals surface area contributed by atoms with Crippen LogP contribution in [0.2, 0.25) is 0 Å². The molecule has 5 aromatic heterocycles. The van der Waals surface area contributed by atoms with Gasteiger partial charge in [0.1, 0.15) is 40.6 Å². The highest BCUT2D eigenvalue weighted by molar-refractivity contribution is 6.09. The number of methoxy groups -OCH3 is 2. The smallest absolute Gasteiger partial charge is 0.273 e. The number of likely N-dealkylation sites (tertiary alicyclic amines) is 1. The SMILES string of the molecule is CC1C=C1.CCCn1ccnn1.COc1ccccc1-c1cc(C2=CCCN(C(=O)CCN)C2)c(F)c2[nH]c(C(=O)Nc3ccnn3C)cc12.COc1ccccc1-c1cc(C2=CCCN(C=O)C2)c(F)c2[nH]c(C(=O)N3CC(Oc4cccnc4)C3)cc12. The number of nitrogens with two attached hydrogens (primary N) is 1. The summed E-state index contributed by atoms with van der Waals surface area (Å²) in [5, 5.41) is 15.4. The number of nitrogens with zero attached hydrogens (tertiary/aromatic N) is 9. The summed E-state index contributed by atoms with van der Waals surface area (Å²) >= 11 is 0. The first kappa shape index (κ1) is 61.9. The lowest BCUT2D eigenvalue weighted by Crippen LogP contribution is -2.56. The summed E-state index contributed by atoms with van der Waals surface area (Å²) in [6, 6.07) is 27.2. The van der Waals surface area contributed by atoms with E-state index >= 15 is 8.78 Å². The molecule has 22 heteroatoms. The molecular formula is C67H71F2N13O7. The average Bonchev–Trinajstić information content (AvgIpc) is 1.90. The standard InChI is InChI=1S/C30H27FN4O4.C28H29FN6O3.C5H9N3.C4H6/c1-38-27-9-3-2-8-22(27)24-12-23(19-6-5-11-34(15-19)18-36)28(31)29-25(24)13-26(33-29)30(37)35-16-21(17-35)39-20-7-4-10-32-14-20;1-34-24(10-12-31-34)33-28(37)22-15-21-20(18-7-3-4-8-23(18)38-2)14-19(26(29)27(21)32-22)17-6-5-13-35(16-17)25(36)9-11-30;1-2-4-8-5-3-6-7-8;1-4-2-3-4/h2-4,6-10,12-14,18,21,33H,5,11,15-17H2,1H3;3-4,6-8,10,12,14-15,32H,5,9,11,13,16,30H2,1-2H3,(H,33,37);3,5H,2,4H2,1H3;2-4H,1H3. The van der Waals surface area contributed by atoms with E-state index in [1.807, 2.05) is 77.6 Å². The van der Waals surface area contributed by atoms with Crippen LogP contribution in [0, 0.1) is 17.6 Å². The van der Waals surface area contributed by atoms with Crippen molar-refractivity contribution in [2.45, 2.75) is 52.2 Å². The number of amides is 4. The molecule has 5 N–H and O–H groups in total. The van der Waals surface area contributed by atoms with Gasteiger partial charge in [-0.15, -0.1) is 5.10 Å². The highest BCUT2D eigenvalue weighted by atomic mass is 19.1. The van der Waals surface area contributed by atoms with Crippen molar-refractivity contribution >= 4 is 62.9 Å². The number of carbonyl (C=O) groups is 4. The first-order valence-electron chi connectivity index (χ1n) is 29.5. The average molecular weight is 1210 g/mol. The number of allylic oxidation sites excluding steroid dienone is 2. The monoisotopic (exact) mass is 1210 g/mol.